The van der Waals surface area contributed by atoms with Crippen LogP contribution in [0.1, 0.15) is 31.4 Å². The fourth-order valence-electron chi connectivity index (χ4n) is 2.85. The summed E-state index contributed by atoms with van der Waals surface area (Å²) in [5.74, 6) is 1.45. The number of thiocarbonyl (C=S) groups is 1. The van der Waals surface area contributed by atoms with E-state index in [1.807, 2.05) is 0 Å². The molecule has 1 aromatic carbocycles. The number of rotatable bonds is 1. The highest BCUT2D eigenvalue weighted by atomic mass is 32.1. The van der Waals surface area contributed by atoms with E-state index in [9.17, 15) is 0 Å². The van der Waals surface area contributed by atoms with Gasteiger partial charge in [-0.05, 0) is 67.6 Å². The lowest BCUT2D eigenvalue weighted by Crippen LogP contribution is -2.44. The second-order valence-corrected chi connectivity index (χ2v) is 6.47. The molecule has 2 rings (SSSR count). The van der Waals surface area contributed by atoms with E-state index >= 15 is 0 Å². The quantitative estimate of drug-likeness (QED) is 0.781. The van der Waals surface area contributed by atoms with Crippen LogP contribution >= 0.6 is 12.2 Å². The number of benzene rings is 1. The van der Waals surface area contributed by atoms with E-state index in [1.165, 1.54) is 17.5 Å². The predicted octanol–water partition coefficient (Wildman–Crippen LogP) is 3.98. The molecule has 0 aromatic heterocycles. The molecule has 0 unspecified atom stereocenters. The van der Waals surface area contributed by atoms with E-state index in [2.05, 4.69) is 56.1 Å². The van der Waals surface area contributed by atoms with Gasteiger partial charge in [-0.15, -0.1) is 0 Å². The monoisotopic (exact) mass is 276 g/mol. The lowest BCUT2D eigenvalue weighted by molar-refractivity contribution is 0.216. The SMILES string of the molecule is Cc1ccc(NC(=S)N2C[C@H](C)C[C@@H](C)C2)cc1C. The molecule has 104 valence electrons. The Labute approximate surface area is 122 Å². The number of anilines is 1. The van der Waals surface area contributed by atoms with Crippen LogP contribution in [-0.4, -0.2) is 23.1 Å². The van der Waals surface area contributed by atoms with Crippen molar-refractivity contribution in [3.8, 4) is 0 Å². The highest BCUT2D eigenvalue weighted by molar-refractivity contribution is 7.80. The zero-order valence-electron chi connectivity index (χ0n) is 12.4. The van der Waals surface area contributed by atoms with Crippen molar-refractivity contribution in [3.05, 3.63) is 29.3 Å². The Morgan fingerprint density at radius 3 is 2.37 bits per heavy atom. The van der Waals surface area contributed by atoms with Crippen LogP contribution in [0.25, 0.3) is 0 Å². The normalized spacial score (nSPS) is 23.3. The van der Waals surface area contributed by atoms with E-state index in [0.717, 1.165) is 35.7 Å². The molecule has 1 aliphatic rings. The molecule has 0 spiro atoms. The molecule has 0 aliphatic carbocycles. The molecule has 1 aliphatic heterocycles. The second-order valence-electron chi connectivity index (χ2n) is 6.08. The van der Waals surface area contributed by atoms with E-state index in [4.69, 9.17) is 12.2 Å². The van der Waals surface area contributed by atoms with Gasteiger partial charge in [0.15, 0.2) is 5.11 Å². The summed E-state index contributed by atoms with van der Waals surface area (Å²) in [6.45, 7) is 11.0. The maximum Gasteiger partial charge on any atom is 0.173 e. The molecule has 0 saturated carbocycles. The van der Waals surface area contributed by atoms with Crippen LogP contribution in [0.3, 0.4) is 0 Å². The lowest BCUT2D eigenvalue weighted by atomic mass is 9.92. The summed E-state index contributed by atoms with van der Waals surface area (Å²) in [7, 11) is 0. The van der Waals surface area contributed by atoms with Crippen LogP contribution in [0.15, 0.2) is 18.2 Å². The first-order valence-corrected chi connectivity index (χ1v) is 7.49. The second kappa shape index (κ2) is 5.91. The third kappa shape index (κ3) is 3.69. The minimum atomic E-state index is 0.725. The van der Waals surface area contributed by atoms with E-state index < -0.39 is 0 Å². The molecular formula is C16H24N2S. The van der Waals surface area contributed by atoms with Crippen molar-refractivity contribution in [2.75, 3.05) is 18.4 Å². The molecule has 0 amide bonds. The molecule has 2 nitrogen and oxygen atoms in total. The van der Waals surface area contributed by atoms with E-state index in [0.29, 0.717) is 0 Å². The average Bonchev–Trinajstić information content (AvgIpc) is 2.32. The smallest absolute Gasteiger partial charge is 0.173 e. The van der Waals surface area contributed by atoms with Crippen LogP contribution in [0, 0.1) is 25.7 Å². The Balaban J connectivity index is 2.02. The van der Waals surface area contributed by atoms with Gasteiger partial charge in [-0.25, -0.2) is 0 Å². The average molecular weight is 276 g/mol. The number of hydrogen-bond acceptors (Lipinski definition) is 1. The molecule has 19 heavy (non-hydrogen) atoms. The summed E-state index contributed by atoms with van der Waals surface area (Å²) in [5.41, 5.74) is 3.71. The summed E-state index contributed by atoms with van der Waals surface area (Å²) in [5, 5.41) is 4.24. The number of nitrogens with zero attached hydrogens (tertiary/aromatic N) is 1. The van der Waals surface area contributed by atoms with Crippen molar-refractivity contribution in [3.63, 3.8) is 0 Å². The molecule has 0 radical (unpaired) electrons. The summed E-state index contributed by atoms with van der Waals surface area (Å²) in [6.07, 6.45) is 1.31. The zero-order valence-corrected chi connectivity index (χ0v) is 13.2. The van der Waals surface area contributed by atoms with Gasteiger partial charge in [0, 0.05) is 18.8 Å². The lowest BCUT2D eigenvalue weighted by Gasteiger charge is -2.36. The van der Waals surface area contributed by atoms with Crippen molar-refractivity contribution in [2.24, 2.45) is 11.8 Å². The highest BCUT2D eigenvalue weighted by Gasteiger charge is 2.23. The third-order valence-electron chi connectivity index (χ3n) is 3.91. The third-order valence-corrected chi connectivity index (χ3v) is 4.27. The summed E-state index contributed by atoms with van der Waals surface area (Å²) in [4.78, 5) is 2.31. The van der Waals surface area contributed by atoms with Gasteiger partial charge >= 0.3 is 0 Å². The van der Waals surface area contributed by atoms with Gasteiger partial charge in [0.2, 0.25) is 0 Å². The van der Waals surface area contributed by atoms with Crippen molar-refractivity contribution < 1.29 is 0 Å². The number of nitrogens with one attached hydrogen (secondary N) is 1. The summed E-state index contributed by atoms with van der Waals surface area (Å²) in [6, 6.07) is 6.41. The summed E-state index contributed by atoms with van der Waals surface area (Å²) < 4.78 is 0. The molecule has 0 bridgehead atoms. The van der Waals surface area contributed by atoms with Gasteiger partial charge < -0.3 is 10.2 Å². The number of likely N-dealkylation sites (tertiary alicyclic amines) is 1. The topological polar surface area (TPSA) is 15.3 Å². The standard InChI is InChI=1S/C16H24N2S/c1-11-7-12(2)10-18(9-11)16(19)17-15-6-5-13(3)14(4)8-15/h5-6,8,11-12H,7,9-10H2,1-4H3,(H,17,19)/t11-,12-/m1/s1. The number of hydrogen-bond donors (Lipinski definition) is 1. The van der Waals surface area contributed by atoms with Crippen LogP contribution < -0.4 is 5.32 Å². The van der Waals surface area contributed by atoms with Gasteiger partial charge in [-0.3, -0.25) is 0 Å². The molecule has 1 N–H and O–H groups in total. The molecule has 1 aromatic rings. The van der Waals surface area contributed by atoms with Gasteiger partial charge in [0.05, 0.1) is 0 Å². The van der Waals surface area contributed by atoms with Crippen LogP contribution in [0.5, 0.6) is 0 Å². The first kappa shape index (κ1) is 14.3. The maximum atomic E-state index is 5.55. The minimum absolute atomic E-state index is 0.725. The molecule has 1 fully saturated rings. The van der Waals surface area contributed by atoms with Crippen molar-refractivity contribution in [1.82, 2.24) is 4.90 Å². The number of aryl methyl sites for hydroxylation is 2. The van der Waals surface area contributed by atoms with Gasteiger partial charge in [-0.2, -0.15) is 0 Å². The fraction of sp³-hybridized carbons (Fsp3) is 0.562. The fourth-order valence-corrected chi connectivity index (χ4v) is 3.12. The largest absolute Gasteiger partial charge is 0.348 e. The van der Waals surface area contributed by atoms with Gasteiger partial charge in [-0.1, -0.05) is 19.9 Å². The van der Waals surface area contributed by atoms with Gasteiger partial charge in [0.25, 0.3) is 0 Å². The Morgan fingerprint density at radius 2 is 1.79 bits per heavy atom. The van der Waals surface area contributed by atoms with E-state index in [1.54, 1.807) is 0 Å². The van der Waals surface area contributed by atoms with Crippen LogP contribution in [0.2, 0.25) is 0 Å². The Hall–Kier alpha value is -1.09. The predicted molar refractivity (Wildman–Crippen MR) is 86.7 cm³/mol. The molecular weight excluding hydrogens is 252 g/mol. The van der Waals surface area contributed by atoms with Gasteiger partial charge in [0.1, 0.15) is 0 Å². The Kier molecular flexibility index (Phi) is 4.46. The molecule has 1 heterocycles. The Bertz CT molecular complexity index is 460. The van der Waals surface area contributed by atoms with Crippen molar-refractivity contribution in [2.45, 2.75) is 34.1 Å². The highest BCUT2D eigenvalue weighted by Crippen LogP contribution is 2.22. The molecule has 1 saturated heterocycles. The minimum Gasteiger partial charge on any atom is -0.348 e. The van der Waals surface area contributed by atoms with Crippen molar-refractivity contribution in [1.29, 1.82) is 0 Å². The zero-order chi connectivity index (χ0) is 14.0. The summed E-state index contributed by atoms with van der Waals surface area (Å²) >= 11 is 5.55. The van der Waals surface area contributed by atoms with E-state index in [-0.39, 0.29) is 0 Å². The molecule has 3 heteroatoms. The Morgan fingerprint density at radius 1 is 1.16 bits per heavy atom. The van der Waals surface area contributed by atoms with Crippen LogP contribution in [-0.2, 0) is 0 Å². The van der Waals surface area contributed by atoms with Crippen molar-refractivity contribution >= 4 is 23.0 Å². The number of piperidine rings is 1. The molecule has 2 atom stereocenters. The maximum absolute atomic E-state index is 5.55. The first-order chi connectivity index (χ1) is 8.95. The first-order valence-electron chi connectivity index (χ1n) is 7.09. The van der Waals surface area contributed by atoms with Crippen LogP contribution in [0.4, 0.5) is 5.69 Å².